The van der Waals surface area contributed by atoms with Gasteiger partial charge < -0.3 is 15.1 Å². The molecule has 0 aromatic carbocycles. The zero-order valence-electron chi connectivity index (χ0n) is 14.4. The third-order valence-corrected chi connectivity index (χ3v) is 4.79. The van der Waals surface area contributed by atoms with Crippen LogP contribution in [0.4, 0.5) is 0 Å². The van der Waals surface area contributed by atoms with Gasteiger partial charge >= 0.3 is 0 Å². The molecule has 2 aliphatic heterocycles. The summed E-state index contributed by atoms with van der Waals surface area (Å²) in [5.74, 6) is 0.289. The molecule has 0 spiro atoms. The molecule has 2 rings (SSSR count). The smallest absolute Gasteiger partial charge is 0.239 e. The van der Waals surface area contributed by atoms with Gasteiger partial charge in [0.2, 0.25) is 11.8 Å². The van der Waals surface area contributed by atoms with Gasteiger partial charge in [-0.05, 0) is 26.8 Å². The minimum atomic E-state index is -0.232. The second kappa shape index (κ2) is 10.1. The van der Waals surface area contributed by atoms with E-state index in [0.29, 0.717) is 6.54 Å². The van der Waals surface area contributed by atoms with Crippen LogP contribution in [-0.4, -0.2) is 85.4 Å². The number of hydrogen-bond acceptors (Lipinski definition) is 4. The van der Waals surface area contributed by atoms with E-state index < -0.39 is 0 Å². The molecule has 2 aliphatic rings. The van der Waals surface area contributed by atoms with E-state index in [1.54, 1.807) is 0 Å². The Labute approximate surface area is 146 Å². The maximum atomic E-state index is 12.6. The molecular weight excluding hydrogens is 316 g/mol. The average molecular weight is 347 g/mol. The second-order valence-electron chi connectivity index (χ2n) is 6.46. The molecule has 1 unspecified atom stereocenters. The van der Waals surface area contributed by atoms with Crippen molar-refractivity contribution >= 4 is 24.2 Å². The van der Waals surface area contributed by atoms with E-state index in [1.807, 2.05) is 28.7 Å². The van der Waals surface area contributed by atoms with Crippen LogP contribution >= 0.6 is 12.4 Å². The van der Waals surface area contributed by atoms with E-state index in [4.69, 9.17) is 0 Å². The Morgan fingerprint density at radius 3 is 2.13 bits per heavy atom. The summed E-state index contributed by atoms with van der Waals surface area (Å²) in [6, 6.07) is -0.232. The molecular formula is C16H31ClN4O2. The molecule has 6 nitrogen and oxygen atoms in total. The van der Waals surface area contributed by atoms with Crippen LogP contribution in [0.5, 0.6) is 0 Å². The van der Waals surface area contributed by atoms with Gasteiger partial charge in [0.15, 0.2) is 0 Å². The molecule has 0 bridgehead atoms. The van der Waals surface area contributed by atoms with Crippen LogP contribution < -0.4 is 5.32 Å². The van der Waals surface area contributed by atoms with E-state index in [0.717, 1.165) is 52.1 Å². The van der Waals surface area contributed by atoms with Crippen molar-refractivity contribution in [2.75, 3.05) is 52.9 Å². The Morgan fingerprint density at radius 1 is 1.00 bits per heavy atom. The SMILES string of the molecule is CC(C(=O)N1CCCCCC1)N(C)CC(=O)N1CCNCC1.Cl. The van der Waals surface area contributed by atoms with Gasteiger partial charge in [0.05, 0.1) is 12.6 Å². The highest BCUT2D eigenvalue weighted by Gasteiger charge is 2.27. The van der Waals surface area contributed by atoms with Gasteiger partial charge in [-0.25, -0.2) is 0 Å². The Balaban J connectivity index is 0.00000264. The first-order valence-corrected chi connectivity index (χ1v) is 8.57. The number of likely N-dealkylation sites (N-methyl/N-ethyl adjacent to an activating group) is 1. The Bertz CT molecular complexity index is 380. The number of likely N-dealkylation sites (tertiary alicyclic amines) is 1. The van der Waals surface area contributed by atoms with E-state index in [2.05, 4.69) is 5.32 Å². The van der Waals surface area contributed by atoms with Gasteiger partial charge in [-0.3, -0.25) is 14.5 Å². The van der Waals surface area contributed by atoms with Crippen LogP contribution in [0.25, 0.3) is 0 Å². The predicted octanol–water partition coefficient (Wildman–Crippen LogP) is 0.563. The average Bonchev–Trinajstić information content (AvgIpc) is 2.83. The highest BCUT2D eigenvalue weighted by atomic mass is 35.5. The third kappa shape index (κ3) is 5.94. The number of nitrogens with zero attached hydrogens (tertiary/aromatic N) is 3. The summed E-state index contributed by atoms with van der Waals surface area (Å²) in [5, 5.41) is 3.24. The van der Waals surface area contributed by atoms with Crippen molar-refractivity contribution in [3.05, 3.63) is 0 Å². The van der Waals surface area contributed by atoms with Gasteiger partial charge in [-0.2, -0.15) is 0 Å². The molecule has 2 heterocycles. The molecule has 2 saturated heterocycles. The Hall–Kier alpha value is -0.850. The first-order valence-electron chi connectivity index (χ1n) is 8.57. The van der Waals surface area contributed by atoms with Crippen LogP contribution in [0.15, 0.2) is 0 Å². The zero-order chi connectivity index (χ0) is 15.9. The number of halogens is 1. The molecule has 2 fully saturated rings. The van der Waals surface area contributed by atoms with Crippen molar-refractivity contribution in [3.8, 4) is 0 Å². The fourth-order valence-electron chi connectivity index (χ4n) is 3.11. The van der Waals surface area contributed by atoms with Crippen LogP contribution in [0.2, 0.25) is 0 Å². The lowest BCUT2D eigenvalue weighted by molar-refractivity contribution is -0.138. The quantitative estimate of drug-likeness (QED) is 0.808. The van der Waals surface area contributed by atoms with Gasteiger partial charge in [0.25, 0.3) is 0 Å². The van der Waals surface area contributed by atoms with Crippen molar-refractivity contribution in [1.29, 1.82) is 0 Å². The topological polar surface area (TPSA) is 55.9 Å². The van der Waals surface area contributed by atoms with Gasteiger partial charge in [0.1, 0.15) is 0 Å². The van der Waals surface area contributed by atoms with Crippen LogP contribution in [0, 0.1) is 0 Å². The second-order valence-corrected chi connectivity index (χ2v) is 6.46. The standard InChI is InChI=1S/C16H30N4O2.ClH/c1-14(16(22)20-9-5-3-4-6-10-20)18(2)13-15(21)19-11-7-17-8-12-19;/h14,17H,3-13H2,1-2H3;1H. The Morgan fingerprint density at radius 2 is 1.57 bits per heavy atom. The highest BCUT2D eigenvalue weighted by molar-refractivity contribution is 5.85. The lowest BCUT2D eigenvalue weighted by Gasteiger charge is -2.32. The molecule has 23 heavy (non-hydrogen) atoms. The molecule has 0 aromatic heterocycles. The monoisotopic (exact) mass is 346 g/mol. The largest absolute Gasteiger partial charge is 0.341 e. The Kier molecular flexibility index (Phi) is 8.87. The van der Waals surface area contributed by atoms with Crippen molar-refractivity contribution in [2.24, 2.45) is 0 Å². The molecule has 0 aliphatic carbocycles. The van der Waals surface area contributed by atoms with Crippen LogP contribution in [0.1, 0.15) is 32.6 Å². The van der Waals surface area contributed by atoms with Gasteiger partial charge in [-0.1, -0.05) is 12.8 Å². The minimum absolute atomic E-state index is 0. The third-order valence-electron chi connectivity index (χ3n) is 4.79. The predicted molar refractivity (Wildman–Crippen MR) is 93.8 cm³/mol. The molecule has 134 valence electrons. The highest BCUT2D eigenvalue weighted by Crippen LogP contribution is 2.12. The molecule has 0 aromatic rings. The number of carbonyl (C=O) groups excluding carboxylic acids is 2. The zero-order valence-corrected chi connectivity index (χ0v) is 15.2. The summed E-state index contributed by atoms with van der Waals surface area (Å²) >= 11 is 0. The normalized spacial score (nSPS) is 20.7. The van der Waals surface area contributed by atoms with Crippen LogP contribution in [-0.2, 0) is 9.59 Å². The fourth-order valence-corrected chi connectivity index (χ4v) is 3.11. The van der Waals surface area contributed by atoms with Crippen LogP contribution in [0.3, 0.4) is 0 Å². The molecule has 1 atom stereocenters. The van der Waals surface area contributed by atoms with Crippen molar-refractivity contribution in [3.63, 3.8) is 0 Å². The minimum Gasteiger partial charge on any atom is -0.341 e. The van der Waals surface area contributed by atoms with Crippen molar-refractivity contribution in [1.82, 2.24) is 20.0 Å². The molecule has 0 saturated carbocycles. The number of nitrogens with one attached hydrogen (secondary N) is 1. The van der Waals surface area contributed by atoms with Gasteiger partial charge in [-0.15, -0.1) is 12.4 Å². The maximum Gasteiger partial charge on any atom is 0.239 e. The summed E-state index contributed by atoms with van der Waals surface area (Å²) in [5.41, 5.74) is 0. The number of hydrogen-bond donors (Lipinski definition) is 1. The van der Waals surface area contributed by atoms with E-state index in [1.165, 1.54) is 12.8 Å². The molecule has 0 radical (unpaired) electrons. The van der Waals surface area contributed by atoms with Crippen molar-refractivity contribution < 1.29 is 9.59 Å². The number of piperazine rings is 1. The van der Waals surface area contributed by atoms with Gasteiger partial charge in [0, 0.05) is 39.3 Å². The first kappa shape index (κ1) is 20.2. The molecule has 7 heteroatoms. The molecule has 1 N–H and O–H groups in total. The lowest BCUT2D eigenvalue weighted by atomic mass is 10.2. The summed E-state index contributed by atoms with van der Waals surface area (Å²) in [7, 11) is 1.88. The summed E-state index contributed by atoms with van der Waals surface area (Å²) in [4.78, 5) is 30.6. The maximum absolute atomic E-state index is 12.6. The number of rotatable bonds is 4. The summed E-state index contributed by atoms with van der Waals surface area (Å²) in [6.45, 7) is 7.21. The number of amides is 2. The summed E-state index contributed by atoms with van der Waals surface area (Å²) < 4.78 is 0. The van der Waals surface area contributed by atoms with Crippen molar-refractivity contribution in [2.45, 2.75) is 38.6 Å². The summed E-state index contributed by atoms with van der Waals surface area (Å²) in [6.07, 6.45) is 4.63. The number of carbonyl (C=O) groups is 2. The fraction of sp³-hybridized carbons (Fsp3) is 0.875. The molecule has 2 amide bonds. The van der Waals surface area contributed by atoms with E-state index >= 15 is 0 Å². The lowest BCUT2D eigenvalue weighted by Crippen LogP contribution is -2.52. The first-order chi connectivity index (χ1) is 10.6. The van der Waals surface area contributed by atoms with E-state index in [9.17, 15) is 9.59 Å². The van der Waals surface area contributed by atoms with E-state index in [-0.39, 0.29) is 30.3 Å².